The molecule has 5 nitrogen and oxygen atoms in total. The molecule has 0 aliphatic heterocycles. The first-order valence-corrected chi connectivity index (χ1v) is 5.77. The van der Waals surface area contributed by atoms with Crippen LogP contribution in [0.4, 0.5) is 4.79 Å². The van der Waals surface area contributed by atoms with Gasteiger partial charge in [-0.25, -0.2) is 4.79 Å². The molecule has 18 heavy (non-hydrogen) atoms. The van der Waals surface area contributed by atoms with Crippen LogP contribution < -0.4 is 14.8 Å². The average Bonchev–Trinajstić information content (AvgIpc) is 2.38. The third kappa shape index (κ3) is 3.55. The van der Waals surface area contributed by atoms with Gasteiger partial charge in [0, 0.05) is 0 Å². The van der Waals surface area contributed by atoms with E-state index in [0.29, 0.717) is 18.1 Å². The molecule has 0 aliphatic carbocycles. The molecular formula is C13H19NO4. The number of nitrogens with one attached hydrogen (secondary N) is 1. The minimum atomic E-state index is -0.431. The number of amides is 1. The highest BCUT2D eigenvalue weighted by molar-refractivity contribution is 5.67. The van der Waals surface area contributed by atoms with Crippen molar-refractivity contribution in [2.45, 2.75) is 19.9 Å². The van der Waals surface area contributed by atoms with Gasteiger partial charge in [0.2, 0.25) is 0 Å². The molecule has 5 heteroatoms. The Morgan fingerprint density at radius 1 is 1.28 bits per heavy atom. The van der Waals surface area contributed by atoms with E-state index in [9.17, 15) is 4.79 Å². The van der Waals surface area contributed by atoms with Crippen molar-refractivity contribution in [1.82, 2.24) is 5.32 Å². The van der Waals surface area contributed by atoms with Gasteiger partial charge in [-0.2, -0.15) is 0 Å². The summed E-state index contributed by atoms with van der Waals surface area (Å²) in [5.41, 5.74) is 0.917. The number of rotatable bonds is 5. The fourth-order valence-corrected chi connectivity index (χ4v) is 1.56. The lowest BCUT2D eigenvalue weighted by atomic mass is 10.1. The maximum absolute atomic E-state index is 11.3. The highest BCUT2D eigenvalue weighted by Gasteiger charge is 2.12. The van der Waals surface area contributed by atoms with Crippen molar-refractivity contribution < 1.29 is 19.0 Å². The zero-order valence-corrected chi connectivity index (χ0v) is 11.1. The molecule has 0 saturated heterocycles. The molecule has 1 rings (SSSR count). The summed E-state index contributed by atoms with van der Waals surface area (Å²) >= 11 is 0. The van der Waals surface area contributed by atoms with Crippen LogP contribution in [0.25, 0.3) is 0 Å². The molecule has 0 bridgehead atoms. The van der Waals surface area contributed by atoms with Gasteiger partial charge in [0.05, 0.1) is 26.9 Å². The number of methoxy groups -OCH3 is 2. The largest absolute Gasteiger partial charge is 0.493 e. The number of hydrogen-bond acceptors (Lipinski definition) is 4. The fourth-order valence-electron chi connectivity index (χ4n) is 1.56. The van der Waals surface area contributed by atoms with E-state index < -0.39 is 6.09 Å². The van der Waals surface area contributed by atoms with Crippen LogP contribution in [-0.2, 0) is 4.74 Å². The van der Waals surface area contributed by atoms with E-state index in [0.717, 1.165) is 5.56 Å². The lowest BCUT2D eigenvalue weighted by Crippen LogP contribution is -2.27. The summed E-state index contributed by atoms with van der Waals surface area (Å²) in [6, 6.07) is 5.34. The average molecular weight is 253 g/mol. The Labute approximate surface area is 107 Å². The Balaban J connectivity index is 2.79. The van der Waals surface area contributed by atoms with E-state index in [4.69, 9.17) is 14.2 Å². The van der Waals surface area contributed by atoms with Crippen LogP contribution in [0.1, 0.15) is 25.5 Å². The molecule has 1 N–H and O–H groups in total. The Bertz CT molecular complexity index is 406. The second-order valence-electron chi connectivity index (χ2n) is 3.70. The zero-order valence-electron chi connectivity index (χ0n) is 11.1. The number of ether oxygens (including phenoxy) is 3. The van der Waals surface area contributed by atoms with Gasteiger partial charge >= 0.3 is 6.09 Å². The third-order valence-corrected chi connectivity index (χ3v) is 2.52. The van der Waals surface area contributed by atoms with Crippen LogP contribution in [0.15, 0.2) is 18.2 Å². The SMILES string of the molecule is CCOC(=O)NC(C)c1ccc(OC)c(OC)c1. The van der Waals surface area contributed by atoms with Crippen LogP contribution in [0.5, 0.6) is 11.5 Å². The van der Waals surface area contributed by atoms with Gasteiger partial charge in [0.1, 0.15) is 0 Å². The van der Waals surface area contributed by atoms with Crippen molar-refractivity contribution in [3.05, 3.63) is 23.8 Å². The number of carbonyl (C=O) groups excluding carboxylic acids is 1. The highest BCUT2D eigenvalue weighted by Crippen LogP contribution is 2.29. The van der Waals surface area contributed by atoms with Gasteiger partial charge in [-0.15, -0.1) is 0 Å². The van der Waals surface area contributed by atoms with Crippen LogP contribution in [0.3, 0.4) is 0 Å². The maximum atomic E-state index is 11.3. The summed E-state index contributed by atoms with van der Waals surface area (Å²) in [6.07, 6.45) is -0.431. The van der Waals surface area contributed by atoms with Gasteiger partial charge in [0.25, 0.3) is 0 Å². The van der Waals surface area contributed by atoms with Gasteiger partial charge in [0.15, 0.2) is 11.5 Å². The Kier molecular flexibility index (Phi) is 5.30. The van der Waals surface area contributed by atoms with Crippen molar-refractivity contribution >= 4 is 6.09 Å². The van der Waals surface area contributed by atoms with E-state index in [-0.39, 0.29) is 6.04 Å². The molecule has 0 radical (unpaired) electrons. The molecule has 1 unspecified atom stereocenters. The standard InChI is InChI=1S/C13H19NO4/c1-5-18-13(15)14-9(2)10-6-7-11(16-3)12(8-10)17-4/h6-9H,5H2,1-4H3,(H,14,15). The summed E-state index contributed by atoms with van der Waals surface area (Å²) < 4.78 is 15.2. The van der Waals surface area contributed by atoms with Crippen LogP contribution in [0, 0.1) is 0 Å². The second kappa shape index (κ2) is 6.74. The minimum absolute atomic E-state index is 0.163. The molecule has 1 aromatic carbocycles. The molecule has 0 fully saturated rings. The molecule has 1 amide bonds. The minimum Gasteiger partial charge on any atom is -0.493 e. The van der Waals surface area contributed by atoms with Gasteiger partial charge in [-0.3, -0.25) is 0 Å². The van der Waals surface area contributed by atoms with Gasteiger partial charge < -0.3 is 19.5 Å². The van der Waals surface area contributed by atoms with Crippen LogP contribution in [0.2, 0.25) is 0 Å². The Hall–Kier alpha value is -1.91. The molecule has 1 atom stereocenters. The fraction of sp³-hybridized carbons (Fsp3) is 0.462. The summed E-state index contributed by atoms with van der Waals surface area (Å²) in [6.45, 7) is 3.99. The summed E-state index contributed by atoms with van der Waals surface area (Å²) in [5, 5.41) is 2.73. The predicted molar refractivity (Wildman–Crippen MR) is 68.1 cm³/mol. The number of carbonyl (C=O) groups is 1. The normalized spacial score (nSPS) is 11.6. The summed E-state index contributed by atoms with van der Waals surface area (Å²) in [5.74, 6) is 1.29. The molecule has 1 aromatic rings. The number of alkyl carbamates (subject to hydrolysis) is 1. The van der Waals surface area contributed by atoms with E-state index in [2.05, 4.69) is 5.32 Å². The monoisotopic (exact) mass is 253 g/mol. The molecule has 0 spiro atoms. The van der Waals surface area contributed by atoms with Crippen molar-refractivity contribution in [3.63, 3.8) is 0 Å². The second-order valence-corrected chi connectivity index (χ2v) is 3.70. The Morgan fingerprint density at radius 2 is 1.94 bits per heavy atom. The molecule has 100 valence electrons. The van der Waals surface area contributed by atoms with Crippen molar-refractivity contribution in [2.24, 2.45) is 0 Å². The highest BCUT2D eigenvalue weighted by atomic mass is 16.5. The van der Waals surface area contributed by atoms with Gasteiger partial charge in [-0.05, 0) is 31.5 Å². The van der Waals surface area contributed by atoms with Crippen molar-refractivity contribution in [1.29, 1.82) is 0 Å². The topological polar surface area (TPSA) is 56.8 Å². The maximum Gasteiger partial charge on any atom is 0.407 e. The molecular weight excluding hydrogens is 234 g/mol. The van der Waals surface area contributed by atoms with E-state index in [1.807, 2.05) is 19.1 Å². The zero-order chi connectivity index (χ0) is 13.5. The lowest BCUT2D eigenvalue weighted by molar-refractivity contribution is 0.149. The first-order valence-electron chi connectivity index (χ1n) is 5.77. The first kappa shape index (κ1) is 14.2. The predicted octanol–water partition coefficient (Wildman–Crippen LogP) is 2.51. The van der Waals surface area contributed by atoms with Crippen LogP contribution >= 0.6 is 0 Å². The van der Waals surface area contributed by atoms with Crippen LogP contribution in [-0.4, -0.2) is 26.9 Å². The van der Waals surface area contributed by atoms with Crippen molar-refractivity contribution in [2.75, 3.05) is 20.8 Å². The number of hydrogen-bond donors (Lipinski definition) is 1. The van der Waals surface area contributed by atoms with Crippen molar-refractivity contribution in [3.8, 4) is 11.5 Å². The Morgan fingerprint density at radius 3 is 2.50 bits per heavy atom. The third-order valence-electron chi connectivity index (χ3n) is 2.52. The van der Waals surface area contributed by atoms with E-state index >= 15 is 0 Å². The molecule has 0 heterocycles. The van der Waals surface area contributed by atoms with E-state index in [1.54, 1.807) is 27.2 Å². The summed E-state index contributed by atoms with van der Waals surface area (Å²) in [7, 11) is 3.16. The van der Waals surface area contributed by atoms with Gasteiger partial charge in [-0.1, -0.05) is 6.07 Å². The first-order chi connectivity index (χ1) is 8.62. The molecule has 0 aliphatic rings. The smallest absolute Gasteiger partial charge is 0.407 e. The lowest BCUT2D eigenvalue weighted by Gasteiger charge is -2.16. The molecule has 0 saturated carbocycles. The number of benzene rings is 1. The molecule has 0 aromatic heterocycles. The summed E-state index contributed by atoms with van der Waals surface area (Å²) in [4.78, 5) is 11.3. The van der Waals surface area contributed by atoms with E-state index in [1.165, 1.54) is 0 Å². The quantitative estimate of drug-likeness (QED) is 0.876.